The zero-order chi connectivity index (χ0) is 25.9. The number of aryl methyl sites for hydroxylation is 1. The minimum Gasteiger partial charge on any atom is -0.366 e. The van der Waals surface area contributed by atoms with Crippen LogP contribution in [-0.2, 0) is 31.0 Å². The van der Waals surface area contributed by atoms with Crippen LogP contribution >= 0.6 is 0 Å². The molecular weight excluding hydrogens is 470 g/mol. The van der Waals surface area contributed by atoms with Crippen LogP contribution in [0, 0.1) is 5.92 Å². The van der Waals surface area contributed by atoms with Crippen molar-refractivity contribution in [1.29, 1.82) is 0 Å². The van der Waals surface area contributed by atoms with Crippen LogP contribution in [0.25, 0.3) is 22.6 Å². The van der Waals surface area contributed by atoms with E-state index in [1.54, 1.807) is 13.1 Å². The molecule has 0 saturated heterocycles. The van der Waals surface area contributed by atoms with Crippen molar-refractivity contribution in [3.63, 3.8) is 0 Å². The average Bonchev–Trinajstić information content (AvgIpc) is 3.32. The maximum atomic E-state index is 12.7. The molecule has 10 nitrogen and oxygen atoms in total. The van der Waals surface area contributed by atoms with Crippen molar-refractivity contribution in [3.8, 4) is 11.4 Å². The second-order valence-electron chi connectivity index (χ2n) is 9.31. The summed E-state index contributed by atoms with van der Waals surface area (Å²) in [5.41, 5.74) is 2.82. The molecule has 37 heavy (non-hydrogen) atoms. The molecule has 1 aliphatic rings. The zero-order valence-electron chi connectivity index (χ0n) is 21.1. The van der Waals surface area contributed by atoms with Crippen LogP contribution in [0.3, 0.4) is 0 Å². The predicted octanol–water partition coefficient (Wildman–Crippen LogP) is 3.02. The highest BCUT2D eigenvalue weighted by Gasteiger charge is 2.24. The van der Waals surface area contributed by atoms with Gasteiger partial charge < -0.3 is 15.6 Å². The first-order valence-corrected chi connectivity index (χ1v) is 12.8. The molecule has 3 N–H and O–H groups in total. The number of amides is 1. The van der Waals surface area contributed by atoms with Crippen molar-refractivity contribution >= 4 is 22.9 Å². The maximum Gasteiger partial charge on any atom is 0.332 e. The number of hydrogen-bond donors (Lipinski definition) is 3. The summed E-state index contributed by atoms with van der Waals surface area (Å²) in [5.74, 6) is 1.55. The Bertz CT molecular complexity index is 1530. The number of carbonyl (C=O) groups excluding carboxylic acids is 1. The molecule has 5 rings (SSSR count). The quantitative estimate of drug-likeness (QED) is 0.324. The van der Waals surface area contributed by atoms with Gasteiger partial charge in [-0.2, -0.15) is 0 Å². The van der Waals surface area contributed by atoms with Gasteiger partial charge in [0.15, 0.2) is 5.65 Å². The molecule has 1 fully saturated rings. The summed E-state index contributed by atoms with van der Waals surface area (Å²) in [7, 11) is 0. The van der Waals surface area contributed by atoms with Gasteiger partial charge in [-0.25, -0.2) is 14.8 Å². The van der Waals surface area contributed by atoms with Gasteiger partial charge in [0.25, 0.3) is 5.56 Å². The van der Waals surface area contributed by atoms with Gasteiger partial charge in [-0.3, -0.25) is 18.7 Å². The molecule has 1 aromatic carbocycles. The number of anilines is 1. The lowest BCUT2D eigenvalue weighted by Gasteiger charge is -2.24. The van der Waals surface area contributed by atoms with Crippen molar-refractivity contribution in [3.05, 3.63) is 74.6 Å². The molecule has 192 valence electrons. The molecule has 0 atom stereocenters. The monoisotopic (exact) mass is 501 g/mol. The highest BCUT2D eigenvalue weighted by Crippen LogP contribution is 2.26. The maximum absolute atomic E-state index is 12.7. The van der Waals surface area contributed by atoms with Gasteiger partial charge in [0.2, 0.25) is 5.91 Å². The summed E-state index contributed by atoms with van der Waals surface area (Å²) in [6.07, 6.45) is 4.84. The van der Waals surface area contributed by atoms with Gasteiger partial charge >= 0.3 is 5.69 Å². The Morgan fingerprint density at radius 1 is 1.00 bits per heavy atom. The standard InChI is InChI=1S/C27H31N7O3/c1-3-33-24-22(26(36)34(4-2)27(33)37)31-23(32-24)20-12-13-21(29-16-20)28-14-17-8-10-18(11-9-17)15-30-25(35)19-6-5-7-19/h8-13,16,19H,3-7,14-15H2,1-2H3,(H,28,29)(H,30,35)(H,31,32). The van der Waals surface area contributed by atoms with E-state index in [2.05, 4.69) is 25.6 Å². The number of nitrogens with zero attached hydrogens (tertiary/aromatic N) is 4. The highest BCUT2D eigenvalue weighted by atomic mass is 16.2. The number of H-pyrrole nitrogens is 1. The summed E-state index contributed by atoms with van der Waals surface area (Å²) >= 11 is 0. The smallest absolute Gasteiger partial charge is 0.332 e. The molecule has 0 spiro atoms. The van der Waals surface area contributed by atoms with Crippen molar-refractivity contribution < 1.29 is 4.79 Å². The normalized spacial score (nSPS) is 13.5. The first-order chi connectivity index (χ1) is 18.0. The molecule has 10 heteroatoms. The molecule has 0 radical (unpaired) electrons. The topological polar surface area (TPSA) is 127 Å². The van der Waals surface area contributed by atoms with Crippen LogP contribution in [-0.4, -0.2) is 30.0 Å². The molecular formula is C27H31N7O3. The highest BCUT2D eigenvalue weighted by molar-refractivity contribution is 5.79. The van der Waals surface area contributed by atoms with E-state index >= 15 is 0 Å². The van der Waals surface area contributed by atoms with Crippen LogP contribution in [0.1, 0.15) is 44.2 Å². The van der Waals surface area contributed by atoms with E-state index in [1.807, 2.05) is 43.3 Å². The number of fused-ring (bicyclic) bond motifs is 1. The number of nitrogens with one attached hydrogen (secondary N) is 3. The van der Waals surface area contributed by atoms with E-state index in [0.29, 0.717) is 54.5 Å². The van der Waals surface area contributed by atoms with Gasteiger partial charge in [-0.15, -0.1) is 0 Å². The summed E-state index contributed by atoms with van der Waals surface area (Å²) in [6.45, 7) is 5.48. The third kappa shape index (κ3) is 4.91. The molecule has 3 heterocycles. The first-order valence-electron chi connectivity index (χ1n) is 12.8. The molecule has 0 unspecified atom stereocenters. The summed E-state index contributed by atoms with van der Waals surface area (Å²) in [5, 5.41) is 6.32. The minimum atomic E-state index is -0.371. The van der Waals surface area contributed by atoms with E-state index in [4.69, 9.17) is 0 Å². The molecule has 4 aromatic rings. The van der Waals surface area contributed by atoms with Crippen molar-refractivity contribution in [2.75, 3.05) is 5.32 Å². The van der Waals surface area contributed by atoms with Crippen molar-refractivity contribution in [2.45, 2.75) is 59.3 Å². The number of pyridine rings is 1. The van der Waals surface area contributed by atoms with Gasteiger partial charge in [-0.05, 0) is 49.9 Å². The van der Waals surface area contributed by atoms with Crippen LogP contribution < -0.4 is 21.9 Å². The second kappa shape index (κ2) is 10.4. The number of rotatable bonds is 9. The van der Waals surface area contributed by atoms with E-state index in [-0.39, 0.29) is 23.1 Å². The lowest BCUT2D eigenvalue weighted by Crippen LogP contribution is -2.39. The Labute approximate surface area is 213 Å². The zero-order valence-corrected chi connectivity index (χ0v) is 21.1. The molecule has 1 aliphatic carbocycles. The van der Waals surface area contributed by atoms with Crippen molar-refractivity contribution in [2.24, 2.45) is 5.92 Å². The molecule has 1 saturated carbocycles. The number of aromatic nitrogens is 5. The fraction of sp³-hybridized carbons (Fsp3) is 0.370. The summed E-state index contributed by atoms with van der Waals surface area (Å²) in [6, 6.07) is 11.9. The van der Waals surface area contributed by atoms with E-state index in [9.17, 15) is 14.4 Å². The Balaban J connectivity index is 1.23. The third-order valence-electron chi connectivity index (χ3n) is 6.97. The van der Waals surface area contributed by atoms with Gasteiger partial charge in [0.05, 0.1) is 0 Å². The molecule has 0 bridgehead atoms. The Morgan fingerprint density at radius 2 is 1.70 bits per heavy atom. The third-order valence-corrected chi connectivity index (χ3v) is 6.97. The number of aromatic amines is 1. The fourth-order valence-corrected chi connectivity index (χ4v) is 4.48. The summed E-state index contributed by atoms with van der Waals surface area (Å²) < 4.78 is 2.70. The number of imidazole rings is 1. The molecule has 0 aliphatic heterocycles. The number of carbonyl (C=O) groups is 1. The largest absolute Gasteiger partial charge is 0.366 e. The lowest BCUT2D eigenvalue weighted by molar-refractivity contribution is -0.127. The predicted molar refractivity (Wildman–Crippen MR) is 142 cm³/mol. The lowest BCUT2D eigenvalue weighted by atomic mass is 9.85. The van der Waals surface area contributed by atoms with E-state index in [1.165, 1.54) is 9.13 Å². The Kier molecular flexibility index (Phi) is 6.89. The van der Waals surface area contributed by atoms with Crippen LogP contribution in [0.5, 0.6) is 0 Å². The van der Waals surface area contributed by atoms with Crippen molar-refractivity contribution in [1.82, 2.24) is 29.4 Å². The number of hydrogen-bond acceptors (Lipinski definition) is 6. The second-order valence-corrected chi connectivity index (χ2v) is 9.31. The Morgan fingerprint density at radius 3 is 2.30 bits per heavy atom. The minimum absolute atomic E-state index is 0.159. The molecule has 1 amide bonds. The van der Waals surface area contributed by atoms with Crippen LogP contribution in [0.4, 0.5) is 5.82 Å². The molecule has 3 aromatic heterocycles. The van der Waals surface area contributed by atoms with Crippen LogP contribution in [0.2, 0.25) is 0 Å². The first kappa shape index (κ1) is 24.5. The van der Waals surface area contributed by atoms with E-state index < -0.39 is 0 Å². The number of benzene rings is 1. The summed E-state index contributed by atoms with van der Waals surface area (Å²) in [4.78, 5) is 49.4. The van der Waals surface area contributed by atoms with Gasteiger partial charge in [0, 0.05) is 43.9 Å². The Hall–Kier alpha value is -4.21. The van der Waals surface area contributed by atoms with Crippen LogP contribution in [0.15, 0.2) is 52.2 Å². The SMILES string of the molecule is CCn1c(=O)c2[nH]c(-c3ccc(NCc4ccc(CNC(=O)C5CCC5)cc4)nc3)nc2n(CC)c1=O. The fourth-order valence-electron chi connectivity index (χ4n) is 4.48. The van der Waals surface area contributed by atoms with Gasteiger partial charge in [-0.1, -0.05) is 30.7 Å². The van der Waals surface area contributed by atoms with E-state index in [0.717, 1.165) is 30.4 Å². The van der Waals surface area contributed by atoms with Gasteiger partial charge in [0.1, 0.15) is 17.2 Å². The average molecular weight is 502 g/mol.